The fourth-order valence-electron chi connectivity index (χ4n) is 1.93. The number of rotatable bonds is 2. The van der Waals surface area contributed by atoms with Crippen molar-refractivity contribution in [1.29, 1.82) is 0 Å². The van der Waals surface area contributed by atoms with Crippen LogP contribution in [0.2, 0.25) is 0 Å². The van der Waals surface area contributed by atoms with Crippen molar-refractivity contribution in [3.8, 4) is 0 Å². The van der Waals surface area contributed by atoms with E-state index in [9.17, 15) is 4.79 Å². The smallest absolute Gasteiger partial charge is 0.261 e. The summed E-state index contributed by atoms with van der Waals surface area (Å²) in [5.41, 5.74) is 0.648. The molecule has 4 nitrogen and oxygen atoms in total. The van der Waals surface area contributed by atoms with E-state index in [1.54, 1.807) is 31.5 Å². The molecule has 0 unspecified atom stereocenters. The van der Waals surface area contributed by atoms with Crippen molar-refractivity contribution in [1.82, 2.24) is 9.55 Å². The second kappa shape index (κ2) is 4.57. The molecule has 2 heterocycles. The largest absolute Gasteiger partial charge is 0.465 e. The molecule has 0 aliphatic carbocycles. The van der Waals surface area contributed by atoms with Crippen LogP contribution in [-0.2, 0) is 7.05 Å². The summed E-state index contributed by atoms with van der Waals surface area (Å²) in [7, 11) is 1.71. The van der Waals surface area contributed by atoms with Gasteiger partial charge < -0.3 is 4.42 Å². The highest BCUT2D eigenvalue weighted by molar-refractivity contribution is 5.79. The van der Waals surface area contributed by atoms with Gasteiger partial charge in [0.05, 0.1) is 17.2 Å². The summed E-state index contributed by atoms with van der Waals surface area (Å²) in [5, 5.41) is 0.625. The van der Waals surface area contributed by atoms with Crippen LogP contribution < -0.4 is 5.56 Å². The van der Waals surface area contributed by atoms with Crippen molar-refractivity contribution in [3.05, 3.63) is 64.6 Å². The zero-order chi connectivity index (χ0) is 13.2. The molecule has 19 heavy (non-hydrogen) atoms. The molecule has 1 aromatic carbocycles. The lowest BCUT2D eigenvalue weighted by Crippen LogP contribution is -2.20. The Morgan fingerprint density at radius 3 is 2.79 bits per heavy atom. The van der Waals surface area contributed by atoms with Crippen molar-refractivity contribution in [2.75, 3.05) is 0 Å². The van der Waals surface area contributed by atoms with Gasteiger partial charge >= 0.3 is 0 Å². The number of hydrogen-bond donors (Lipinski definition) is 0. The van der Waals surface area contributed by atoms with E-state index < -0.39 is 0 Å². The topological polar surface area (TPSA) is 48.0 Å². The van der Waals surface area contributed by atoms with Gasteiger partial charge in [-0.25, -0.2) is 4.98 Å². The standard InChI is InChI=1S/C15H12N2O2/c1-17-14(9-8-11-5-4-10-19-11)16-13-7-3-2-6-12(13)15(17)18/h2-10H,1H3/b9-8+. The number of nitrogens with zero attached hydrogens (tertiary/aromatic N) is 2. The molecular weight excluding hydrogens is 240 g/mol. The Balaban J connectivity index is 2.14. The second-order valence-corrected chi connectivity index (χ2v) is 4.20. The quantitative estimate of drug-likeness (QED) is 0.704. The highest BCUT2D eigenvalue weighted by Gasteiger charge is 2.05. The Bertz CT molecular complexity index is 799. The van der Waals surface area contributed by atoms with E-state index in [0.29, 0.717) is 16.7 Å². The van der Waals surface area contributed by atoms with Gasteiger partial charge in [-0.3, -0.25) is 9.36 Å². The fraction of sp³-hybridized carbons (Fsp3) is 0.0667. The average molecular weight is 252 g/mol. The van der Waals surface area contributed by atoms with Gasteiger partial charge in [0.25, 0.3) is 5.56 Å². The molecule has 0 N–H and O–H groups in total. The molecule has 0 atom stereocenters. The van der Waals surface area contributed by atoms with Crippen molar-refractivity contribution >= 4 is 23.1 Å². The van der Waals surface area contributed by atoms with Crippen LogP contribution in [0.3, 0.4) is 0 Å². The van der Waals surface area contributed by atoms with Crippen LogP contribution in [0.1, 0.15) is 11.6 Å². The predicted octanol–water partition coefficient (Wildman–Crippen LogP) is 2.70. The second-order valence-electron chi connectivity index (χ2n) is 4.20. The minimum atomic E-state index is -0.0512. The SMILES string of the molecule is Cn1c(/C=C/c2ccco2)nc2ccccc2c1=O. The van der Waals surface area contributed by atoms with Crippen LogP contribution in [0.25, 0.3) is 23.1 Å². The number of para-hydroxylation sites is 1. The summed E-state index contributed by atoms with van der Waals surface area (Å²) in [6.45, 7) is 0. The molecule has 0 radical (unpaired) electrons. The molecule has 0 aliphatic rings. The van der Waals surface area contributed by atoms with Crippen molar-refractivity contribution in [2.45, 2.75) is 0 Å². The van der Waals surface area contributed by atoms with Gasteiger partial charge in [-0.15, -0.1) is 0 Å². The summed E-state index contributed by atoms with van der Waals surface area (Å²) in [6, 6.07) is 11.0. The van der Waals surface area contributed by atoms with Crippen LogP contribution in [0.15, 0.2) is 51.9 Å². The third-order valence-corrected chi connectivity index (χ3v) is 2.96. The molecule has 0 saturated heterocycles. The van der Waals surface area contributed by atoms with Gasteiger partial charge in [0.1, 0.15) is 11.6 Å². The molecule has 0 amide bonds. The maximum atomic E-state index is 12.2. The Hall–Kier alpha value is -2.62. The highest BCUT2D eigenvalue weighted by atomic mass is 16.3. The third-order valence-electron chi connectivity index (χ3n) is 2.96. The summed E-state index contributed by atoms with van der Waals surface area (Å²) in [5.74, 6) is 1.32. The van der Waals surface area contributed by atoms with E-state index in [-0.39, 0.29) is 5.56 Å². The highest BCUT2D eigenvalue weighted by Crippen LogP contribution is 2.10. The molecule has 0 bridgehead atoms. The van der Waals surface area contributed by atoms with Crippen LogP contribution in [-0.4, -0.2) is 9.55 Å². The molecule has 3 aromatic rings. The van der Waals surface area contributed by atoms with Gasteiger partial charge in [-0.05, 0) is 36.4 Å². The molecule has 94 valence electrons. The average Bonchev–Trinajstić information content (AvgIpc) is 2.94. The Morgan fingerprint density at radius 2 is 2.00 bits per heavy atom. The first-order valence-electron chi connectivity index (χ1n) is 5.93. The third kappa shape index (κ3) is 2.08. The van der Waals surface area contributed by atoms with Crippen molar-refractivity contribution < 1.29 is 4.42 Å². The van der Waals surface area contributed by atoms with Crippen molar-refractivity contribution in [3.63, 3.8) is 0 Å². The molecule has 3 rings (SSSR count). The summed E-state index contributed by atoms with van der Waals surface area (Å²) in [6.07, 6.45) is 5.16. The first-order valence-corrected chi connectivity index (χ1v) is 5.93. The zero-order valence-electron chi connectivity index (χ0n) is 10.4. The van der Waals surface area contributed by atoms with E-state index in [1.807, 2.05) is 30.3 Å². The summed E-state index contributed by atoms with van der Waals surface area (Å²) >= 11 is 0. The molecule has 2 aromatic heterocycles. The van der Waals surface area contributed by atoms with Crippen LogP contribution in [0.4, 0.5) is 0 Å². The normalized spacial score (nSPS) is 11.4. The number of benzene rings is 1. The lowest BCUT2D eigenvalue weighted by Gasteiger charge is -2.05. The van der Waals surface area contributed by atoms with Crippen LogP contribution in [0, 0.1) is 0 Å². The molecule has 0 spiro atoms. The molecule has 0 saturated carbocycles. The predicted molar refractivity (Wildman–Crippen MR) is 74.6 cm³/mol. The monoisotopic (exact) mass is 252 g/mol. The van der Waals surface area contributed by atoms with Crippen molar-refractivity contribution in [2.24, 2.45) is 7.05 Å². The number of furan rings is 1. The van der Waals surface area contributed by atoms with Crippen LogP contribution in [0.5, 0.6) is 0 Å². The first kappa shape index (κ1) is 11.5. The lowest BCUT2D eigenvalue weighted by molar-refractivity contribution is 0.557. The lowest BCUT2D eigenvalue weighted by atomic mass is 10.2. The summed E-state index contributed by atoms with van der Waals surface area (Å²) < 4.78 is 6.74. The minimum Gasteiger partial charge on any atom is -0.465 e. The minimum absolute atomic E-state index is 0.0512. The van der Waals surface area contributed by atoms with Gasteiger partial charge in [0.2, 0.25) is 0 Å². The maximum Gasteiger partial charge on any atom is 0.261 e. The zero-order valence-corrected chi connectivity index (χ0v) is 10.4. The number of aromatic nitrogens is 2. The maximum absolute atomic E-state index is 12.2. The molecular formula is C15H12N2O2. The van der Waals surface area contributed by atoms with Gasteiger partial charge in [0.15, 0.2) is 0 Å². The van der Waals surface area contributed by atoms with Gasteiger partial charge in [0, 0.05) is 7.05 Å². The van der Waals surface area contributed by atoms with E-state index in [2.05, 4.69) is 4.98 Å². The van der Waals surface area contributed by atoms with E-state index in [0.717, 1.165) is 5.76 Å². The Kier molecular flexibility index (Phi) is 2.76. The fourth-order valence-corrected chi connectivity index (χ4v) is 1.93. The van der Waals surface area contributed by atoms with Gasteiger partial charge in [-0.1, -0.05) is 12.1 Å². The van der Waals surface area contributed by atoms with Gasteiger partial charge in [-0.2, -0.15) is 0 Å². The molecule has 0 fully saturated rings. The Morgan fingerprint density at radius 1 is 1.16 bits per heavy atom. The molecule has 0 aliphatic heterocycles. The van der Waals surface area contributed by atoms with Crippen LogP contribution >= 0.6 is 0 Å². The van der Waals surface area contributed by atoms with E-state index in [1.165, 1.54) is 4.57 Å². The van der Waals surface area contributed by atoms with E-state index in [4.69, 9.17) is 4.42 Å². The number of hydrogen-bond acceptors (Lipinski definition) is 3. The molecule has 4 heteroatoms. The first-order chi connectivity index (χ1) is 9.25. The van der Waals surface area contributed by atoms with E-state index >= 15 is 0 Å². The Labute approximate surface area is 109 Å². The number of fused-ring (bicyclic) bond motifs is 1. The summed E-state index contributed by atoms with van der Waals surface area (Å²) in [4.78, 5) is 16.6.